The molecular formula is C12H22N4O6S. The summed E-state index contributed by atoms with van der Waals surface area (Å²) in [6.07, 6.45) is 1.68. The van der Waals surface area contributed by atoms with Crippen LogP contribution in [0.5, 0.6) is 0 Å². The minimum Gasteiger partial charge on any atom is -0.480 e. The van der Waals surface area contributed by atoms with Gasteiger partial charge in [0.1, 0.15) is 12.1 Å². The van der Waals surface area contributed by atoms with Crippen molar-refractivity contribution in [2.45, 2.75) is 38.8 Å². The number of carboxylic acid groups (broad SMARTS) is 1. The van der Waals surface area contributed by atoms with E-state index in [0.29, 0.717) is 6.42 Å². The largest absolute Gasteiger partial charge is 0.480 e. The molecule has 0 fully saturated rings. The van der Waals surface area contributed by atoms with Crippen molar-refractivity contribution in [2.75, 3.05) is 13.1 Å². The van der Waals surface area contributed by atoms with Crippen molar-refractivity contribution in [3.63, 3.8) is 0 Å². The molecule has 0 unspecified atom stereocenters. The number of nitrogens with zero attached hydrogens (tertiary/aromatic N) is 1. The van der Waals surface area contributed by atoms with E-state index < -0.39 is 28.1 Å². The first-order chi connectivity index (χ1) is 10.7. The van der Waals surface area contributed by atoms with Crippen LogP contribution in [0.25, 0.3) is 0 Å². The van der Waals surface area contributed by atoms with Crippen molar-refractivity contribution in [2.24, 2.45) is 11.1 Å². The van der Waals surface area contributed by atoms with E-state index in [-0.39, 0.29) is 31.5 Å². The Labute approximate surface area is 134 Å². The molecule has 0 aromatic heterocycles. The molecule has 0 radical (unpaired) electrons. The van der Waals surface area contributed by atoms with Crippen LogP contribution in [0.2, 0.25) is 0 Å². The molecular weight excluding hydrogens is 328 g/mol. The molecule has 23 heavy (non-hydrogen) atoms. The van der Waals surface area contributed by atoms with Gasteiger partial charge in [0, 0.05) is 25.7 Å². The van der Waals surface area contributed by atoms with Crippen LogP contribution in [0, 0.1) is 5.92 Å². The zero-order valence-corrected chi connectivity index (χ0v) is 13.8. The lowest BCUT2D eigenvalue weighted by molar-refractivity contribution is -0.139. The minimum atomic E-state index is -3.97. The van der Waals surface area contributed by atoms with Gasteiger partial charge in [-0.3, -0.25) is 9.59 Å². The smallest absolute Gasteiger partial charge is 0.323 e. The Morgan fingerprint density at radius 2 is 2.09 bits per heavy atom. The van der Waals surface area contributed by atoms with Crippen molar-refractivity contribution >= 4 is 28.3 Å². The van der Waals surface area contributed by atoms with Gasteiger partial charge >= 0.3 is 5.97 Å². The summed E-state index contributed by atoms with van der Waals surface area (Å²) in [7, 11) is -3.97. The van der Waals surface area contributed by atoms with Gasteiger partial charge in [-0.05, 0) is 5.92 Å². The molecule has 1 aliphatic heterocycles. The number of carbonyl (C=O) groups excluding carboxylic acids is 1. The van der Waals surface area contributed by atoms with Crippen LogP contribution in [-0.2, 0) is 24.6 Å². The third-order valence-corrected chi connectivity index (χ3v) is 3.99. The SMILES string of the molecule is CC(C)CNS(=O)(=O)N[C@@H](CNC(=O)C[C@H]1CC=NO1)C(=O)O. The Kier molecular flexibility index (Phi) is 7.39. The zero-order valence-electron chi connectivity index (χ0n) is 13.0. The van der Waals surface area contributed by atoms with E-state index in [1.54, 1.807) is 0 Å². The average molecular weight is 350 g/mol. The summed E-state index contributed by atoms with van der Waals surface area (Å²) in [6, 6.07) is -1.47. The van der Waals surface area contributed by atoms with Crippen LogP contribution in [0.1, 0.15) is 26.7 Å². The van der Waals surface area contributed by atoms with Crippen molar-refractivity contribution in [3.05, 3.63) is 0 Å². The maximum absolute atomic E-state index is 11.7. The first-order valence-corrected chi connectivity index (χ1v) is 8.62. The number of aliphatic carboxylic acids is 1. The predicted molar refractivity (Wildman–Crippen MR) is 81.9 cm³/mol. The van der Waals surface area contributed by atoms with Crippen molar-refractivity contribution in [1.29, 1.82) is 0 Å². The monoisotopic (exact) mass is 350 g/mol. The average Bonchev–Trinajstić information content (AvgIpc) is 2.94. The normalized spacial score (nSPS) is 18.7. The second kappa shape index (κ2) is 8.79. The lowest BCUT2D eigenvalue weighted by Crippen LogP contribution is -2.52. The minimum absolute atomic E-state index is 0.0185. The Balaban J connectivity index is 2.45. The maximum atomic E-state index is 11.7. The van der Waals surface area contributed by atoms with Crippen LogP contribution in [-0.4, -0.2) is 56.9 Å². The van der Waals surface area contributed by atoms with Crippen molar-refractivity contribution in [3.8, 4) is 0 Å². The fourth-order valence-corrected chi connectivity index (χ4v) is 2.83. The van der Waals surface area contributed by atoms with Gasteiger partial charge in [0.15, 0.2) is 0 Å². The van der Waals surface area contributed by atoms with E-state index in [0.717, 1.165) is 0 Å². The van der Waals surface area contributed by atoms with Gasteiger partial charge < -0.3 is 15.3 Å². The molecule has 11 heteroatoms. The molecule has 0 saturated heterocycles. The number of oxime groups is 1. The second-order valence-corrected chi connectivity index (χ2v) is 7.04. The Bertz CT molecular complexity index is 540. The van der Waals surface area contributed by atoms with E-state index >= 15 is 0 Å². The molecule has 1 heterocycles. The number of amides is 1. The lowest BCUT2D eigenvalue weighted by atomic mass is 10.2. The molecule has 1 rings (SSSR count). The molecule has 132 valence electrons. The molecule has 0 saturated carbocycles. The Morgan fingerprint density at radius 1 is 1.39 bits per heavy atom. The summed E-state index contributed by atoms with van der Waals surface area (Å²) < 4.78 is 27.7. The molecule has 1 aliphatic rings. The molecule has 0 aromatic carbocycles. The highest BCUT2D eigenvalue weighted by Gasteiger charge is 2.25. The third-order valence-electron chi connectivity index (χ3n) is 2.85. The molecule has 0 bridgehead atoms. The Morgan fingerprint density at radius 3 is 2.61 bits per heavy atom. The highest BCUT2D eigenvalue weighted by molar-refractivity contribution is 7.87. The number of hydrogen-bond acceptors (Lipinski definition) is 6. The van der Waals surface area contributed by atoms with E-state index in [4.69, 9.17) is 9.94 Å². The van der Waals surface area contributed by atoms with Gasteiger partial charge in [0.2, 0.25) is 5.91 Å². The highest BCUT2D eigenvalue weighted by atomic mass is 32.2. The van der Waals surface area contributed by atoms with Crippen LogP contribution in [0.3, 0.4) is 0 Å². The number of carbonyl (C=O) groups is 2. The molecule has 0 aliphatic carbocycles. The lowest BCUT2D eigenvalue weighted by Gasteiger charge is -2.17. The molecule has 1 amide bonds. The summed E-state index contributed by atoms with van der Waals surface area (Å²) in [5.41, 5.74) is 0. The summed E-state index contributed by atoms with van der Waals surface area (Å²) in [5, 5.41) is 15.0. The Hall–Kier alpha value is -1.72. The maximum Gasteiger partial charge on any atom is 0.323 e. The number of carboxylic acids is 1. The second-order valence-electron chi connectivity index (χ2n) is 5.51. The van der Waals surface area contributed by atoms with Gasteiger partial charge in [-0.15, -0.1) is 0 Å². The molecule has 0 aromatic rings. The van der Waals surface area contributed by atoms with Crippen molar-refractivity contribution in [1.82, 2.24) is 14.8 Å². The van der Waals surface area contributed by atoms with E-state index in [1.165, 1.54) is 6.21 Å². The summed E-state index contributed by atoms with van der Waals surface area (Å²) in [4.78, 5) is 27.7. The van der Waals surface area contributed by atoms with Crippen LogP contribution >= 0.6 is 0 Å². The quantitative estimate of drug-likeness (QED) is 0.389. The van der Waals surface area contributed by atoms with E-state index in [2.05, 4.69) is 15.2 Å². The van der Waals surface area contributed by atoms with Gasteiger partial charge in [-0.25, -0.2) is 4.72 Å². The predicted octanol–water partition coefficient (Wildman–Crippen LogP) is -1.20. The van der Waals surface area contributed by atoms with Gasteiger partial charge in [0.05, 0.1) is 6.42 Å². The highest BCUT2D eigenvalue weighted by Crippen LogP contribution is 2.08. The standard InChI is InChI=1S/C12H22N4O6S/c1-8(2)6-15-23(20,21)16-10(12(18)19)7-13-11(17)5-9-3-4-14-22-9/h4,8-10,15-16H,3,5-7H2,1-2H3,(H,13,17)(H,18,19)/t9-,10+/m1/s1. The fraction of sp³-hybridized carbons (Fsp3) is 0.750. The number of nitrogens with one attached hydrogen (secondary N) is 3. The van der Waals surface area contributed by atoms with Crippen molar-refractivity contribution < 1.29 is 28.0 Å². The van der Waals surface area contributed by atoms with Gasteiger partial charge in [-0.1, -0.05) is 19.0 Å². The first-order valence-electron chi connectivity index (χ1n) is 7.13. The van der Waals surface area contributed by atoms with Crippen LogP contribution in [0.4, 0.5) is 0 Å². The molecule has 4 N–H and O–H groups in total. The summed E-state index contributed by atoms with van der Waals surface area (Å²) in [6.45, 7) is 3.43. The van der Waals surface area contributed by atoms with Crippen LogP contribution in [0.15, 0.2) is 5.16 Å². The van der Waals surface area contributed by atoms with E-state index in [9.17, 15) is 18.0 Å². The van der Waals surface area contributed by atoms with E-state index in [1.807, 2.05) is 18.6 Å². The van der Waals surface area contributed by atoms with Crippen LogP contribution < -0.4 is 14.8 Å². The first kappa shape index (κ1) is 19.3. The topological polar surface area (TPSA) is 146 Å². The number of rotatable bonds is 10. The molecule has 0 spiro atoms. The summed E-state index contributed by atoms with van der Waals surface area (Å²) >= 11 is 0. The van der Waals surface area contributed by atoms with Gasteiger partial charge in [-0.2, -0.15) is 13.1 Å². The van der Waals surface area contributed by atoms with Gasteiger partial charge in [0.25, 0.3) is 10.2 Å². The molecule has 2 atom stereocenters. The summed E-state index contributed by atoms with van der Waals surface area (Å²) in [5.74, 6) is -1.76. The third kappa shape index (κ3) is 7.90. The fourth-order valence-electron chi connectivity index (χ4n) is 1.63. The number of hydrogen-bond donors (Lipinski definition) is 4. The molecule has 10 nitrogen and oxygen atoms in total. The zero-order chi connectivity index (χ0) is 17.5.